The van der Waals surface area contributed by atoms with Gasteiger partial charge in [0, 0.05) is 0 Å². The molecule has 2 aliphatic rings. The van der Waals surface area contributed by atoms with Gasteiger partial charge < -0.3 is 5.11 Å². The van der Waals surface area contributed by atoms with Crippen molar-refractivity contribution in [3.05, 3.63) is 36.0 Å². The van der Waals surface area contributed by atoms with Crippen molar-refractivity contribution < 1.29 is 5.11 Å². The van der Waals surface area contributed by atoms with Crippen molar-refractivity contribution in [2.75, 3.05) is 0 Å². The lowest BCUT2D eigenvalue weighted by Gasteiger charge is -2.29. The van der Waals surface area contributed by atoms with Gasteiger partial charge in [0.1, 0.15) is 0 Å². The summed E-state index contributed by atoms with van der Waals surface area (Å²) >= 11 is 0. The molecule has 2 rings (SSSR count). The van der Waals surface area contributed by atoms with E-state index in [2.05, 4.69) is 66.3 Å². The van der Waals surface area contributed by atoms with Crippen molar-refractivity contribution >= 4 is 0 Å². The Hall–Kier alpha value is -0.820. The number of hydrogen-bond acceptors (Lipinski definition) is 1. The predicted molar refractivity (Wildman–Crippen MR) is 132 cm³/mol. The van der Waals surface area contributed by atoms with Crippen molar-refractivity contribution in [2.24, 2.45) is 35.0 Å². The zero-order chi connectivity index (χ0) is 22.3. The Kier molecular flexibility index (Phi) is 9.92. The molecule has 1 heteroatoms. The molecular formula is C29H50O. The second kappa shape index (κ2) is 11.7. The first-order valence-corrected chi connectivity index (χ1v) is 12.9. The second-order valence-electron chi connectivity index (χ2n) is 11.0. The zero-order valence-corrected chi connectivity index (χ0v) is 20.9. The standard InChI is InChI=1S/C29H50O/c1-8-29(20-18-28(30)25(29)7)19-17-27-12-10-9-11-26(16-15-24(27)6)23(5)14-13-22(4)21(2)3/h13-14,17,21-24,26,28,30H,7-12,15-16,18-20H2,1-6H3. The molecule has 0 aliphatic heterocycles. The van der Waals surface area contributed by atoms with Gasteiger partial charge in [-0.15, -0.1) is 0 Å². The van der Waals surface area contributed by atoms with Crippen LogP contribution in [0.3, 0.4) is 0 Å². The van der Waals surface area contributed by atoms with Crippen LogP contribution in [0.4, 0.5) is 0 Å². The third-order valence-corrected chi connectivity index (χ3v) is 8.82. The molecule has 172 valence electrons. The van der Waals surface area contributed by atoms with Gasteiger partial charge in [0.05, 0.1) is 6.10 Å². The molecule has 0 radical (unpaired) electrons. The van der Waals surface area contributed by atoms with Crippen LogP contribution in [0.1, 0.15) is 106 Å². The van der Waals surface area contributed by atoms with E-state index >= 15 is 0 Å². The maximum Gasteiger partial charge on any atom is 0.0753 e. The molecule has 0 saturated heterocycles. The molecule has 2 saturated carbocycles. The van der Waals surface area contributed by atoms with E-state index < -0.39 is 0 Å². The molecule has 1 N–H and O–H groups in total. The Morgan fingerprint density at radius 2 is 1.80 bits per heavy atom. The van der Waals surface area contributed by atoms with Crippen LogP contribution in [0.25, 0.3) is 0 Å². The molecule has 30 heavy (non-hydrogen) atoms. The van der Waals surface area contributed by atoms with Gasteiger partial charge in [-0.05, 0) is 98.4 Å². The van der Waals surface area contributed by atoms with E-state index in [1.807, 2.05) is 0 Å². The minimum absolute atomic E-state index is 0.138. The maximum atomic E-state index is 10.2. The second-order valence-corrected chi connectivity index (χ2v) is 11.0. The van der Waals surface area contributed by atoms with Gasteiger partial charge in [-0.1, -0.05) is 78.3 Å². The van der Waals surface area contributed by atoms with E-state index in [-0.39, 0.29) is 11.5 Å². The number of rotatable bonds is 7. The molecule has 0 aromatic carbocycles. The lowest BCUT2D eigenvalue weighted by atomic mass is 9.76. The summed E-state index contributed by atoms with van der Waals surface area (Å²) in [7, 11) is 0. The summed E-state index contributed by atoms with van der Waals surface area (Å²) in [4.78, 5) is 0. The van der Waals surface area contributed by atoms with Crippen molar-refractivity contribution in [3.8, 4) is 0 Å². The maximum absolute atomic E-state index is 10.2. The van der Waals surface area contributed by atoms with E-state index in [0.29, 0.717) is 17.8 Å². The van der Waals surface area contributed by atoms with Gasteiger partial charge in [-0.2, -0.15) is 0 Å². The molecule has 0 aromatic heterocycles. The lowest BCUT2D eigenvalue weighted by Crippen LogP contribution is -2.19. The van der Waals surface area contributed by atoms with Crippen LogP contribution in [0.5, 0.6) is 0 Å². The first-order valence-electron chi connectivity index (χ1n) is 12.9. The summed E-state index contributed by atoms with van der Waals surface area (Å²) in [6, 6.07) is 0. The number of hydrogen-bond donors (Lipinski definition) is 1. The van der Waals surface area contributed by atoms with Crippen molar-refractivity contribution in [1.29, 1.82) is 0 Å². The van der Waals surface area contributed by atoms with Gasteiger partial charge in [-0.25, -0.2) is 0 Å². The Labute approximate surface area is 188 Å². The SMILES string of the molecule is C=C1C(O)CCC1(CC)CC=C1CCCCC(C(C)C=CC(C)C(C)C)CCC1C. The van der Waals surface area contributed by atoms with E-state index in [0.717, 1.165) is 43.1 Å². The zero-order valence-electron chi connectivity index (χ0n) is 20.9. The highest BCUT2D eigenvalue weighted by Gasteiger charge is 2.39. The summed E-state index contributed by atoms with van der Waals surface area (Å²) in [5.41, 5.74) is 2.91. The summed E-state index contributed by atoms with van der Waals surface area (Å²) in [5, 5.41) is 10.2. The topological polar surface area (TPSA) is 20.2 Å². The average molecular weight is 415 g/mol. The Bertz CT molecular complexity index is 597. The average Bonchev–Trinajstić information content (AvgIpc) is 3.05. The fraction of sp³-hybridized carbons (Fsp3) is 0.793. The Morgan fingerprint density at radius 3 is 2.40 bits per heavy atom. The molecule has 0 bridgehead atoms. The molecule has 1 nitrogen and oxygen atoms in total. The number of aliphatic hydroxyl groups excluding tert-OH is 1. The Balaban J connectivity index is 2.00. The van der Waals surface area contributed by atoms with E-state index in [1.54, 1.807) is 5.57 Å². The highest BCUT2D eigenvalue weighted by Crippen LogP contribution is 2.48. The third-order valence-electron chi connectivity index (χ3n) is 8.82. The van der Waals surface area contributed by atoms with Crippen LogP contribution < -0.4 is 0 Å². The monoisotopic (exact) mass is 414 g/mol. The van der Waals surface area contributed by atoms with Gasteiger partial charge in [0.2, 0.25) is 0 Å². The minimum atomic E-state index is -0.282. The van der Waals surface area contributed by atoms with Crippen LogP contribution in [0.2, 0.25) is 0 Å². The highest BCUT2D eigenvalue weighted by molar-refractivity contribution is 5.23. The first kappa shape index (κ1) is 25.4. The molecule has 0 amide bonds. The number of allylic oxidation sites excluding steroid dienone is 4. The molecule has 0 heterocycles. The van der Waals surface area contributed by atoms with E-state index in [1.165, 1.54) is 38.5 Å². The van der Waals surface area contributed by atoms with E-state index in [4.69, 9.17) is 0 Å². The van der Waals surface area contributed by atoms with E-state index in [9.17, 15) is 5.11 Å². The molecule has 2 fully saturated rings. The highest BCUT2D eigenvalue weighted by atomic mass is 16.3. The third kappa shape index (κ3) is 6.59. The summed E-state index contributed by atoms with van der Waals surface area (Å²) in [6.45, 7) is 18.4. The quantitative estimate of drug-likeness (QED) is 0.414. The molecular weight excluding hydrogens is 364 g/mol. The molecule has 6 unspecified atom stereocenters. The molecule has 0 spiro atoms. The largest absolute Gasteiger partial charge is 0.389 e. The summed E-state index contributed by atoms with van der Waals surface area (Å²) in [6.07, 6.45) is 19.4. The minimum Gasteiger partial charge on any atom is -0.389 e. The van der Waals surface area contributed by atoms with Gasteiger partial charge in [0.25, 0.3) is 0 Å². The van der Waals surface area contributed by atoms with Crippen molar-refractivity contribution in [2.45, 2.75) is 112 Å². The van der Waals surface area contributed by atoms with Crippen LogP contribution in [-0.4, -0.2) is 11.2 Å². The normalized spacial score (nSPS) is 34.9. The van der Waals surface area contributed by atoms with Crippen LogP contribution in [-0.2, 0) is 0 Å². The van der Waals surface area contributed by atoms with Crippen molar-refractivity contribution in [1.82, 2.24) is 0 Å². The van der Waals surface area contributed by atoms with Crippen LogP contribution >= 0.6 is 0 Å². The first-order chi connectivity index (χ1) is 14.2. The fourth-order valence-electron chi connectivity index (χ4n) is 5.54. The summed E-state index contributed by atoms with van der Waals surface area (Å²) in [5.74, 6) is 3.60. The molecule has 0 aromatic rings. The predicted octanol–water partition coefficient (Wildman–Crippen LogP) is 8.50. The number of aliphatic hydroxyl groups is 1. The van der Waals surface area contributed by atoms with Crippen molar-refractivity contribution in [3.63, 3.8) is 0 Å². The van der Waals surface area contributed by atoms with Gasteiger partial charge in [0.15, 0.2) is 0 Å². The van der Waals surface area contributed by atoms with Crippen LogP contribution in [0.15, 0.2) is 36.0 Å². The smallest absolute Gasteiger partial charge is 0.0753 e. The fourth-order valence-corrected chi connectivity index (χ4v) is 5.54. The Morgan fingerprint density at radius 1 is 1.07 bits per heavy atom. The molecule has 2 aliphatic carbocycles. The van der Waals surface area contributed by atoms with Gasteiger partial charge >= 0.3 is 0 Å². The molecule has 6 atom stereocenters. The lowest BCUT2D eigenvalue weighted by molar-refractivity contribution is 0.214. The van der Waals surface area contributed by atoms with Crippen LogP contribution in [0, 0.1) is 35.0 Å². The van der Waals surface area contributed by atoms with Gasteiger partial charge in [-0.3, -0.25) is 0 Å². The summed E-state index contributed by atoms with van der Waals surface area (Å²) < 4.78 is 0.